The van der Waals surface area contributed by atoms with Crippen LogP contribution in [0.5, 0.6) is 17.2 Å². The van der Waals surface area contributed by atoms with Gasteiger partial charge in [-0.15, -0.1) is 0 Å². The molecule has 0 amide bonds. The summed E-state index contributed by atoms with van der Waals surface area (Å²) in [5.74, 6) is 2.66. The van der Waals surface area contributed by atoms with Gasteiger partial charge in [-0.1, -0.05) is 39.0 Å². The summed E-state index contributed by atoms with van der Waals surface area (Å²) in [7, 11) is 3.27. The molecule has 0 N–H and O–H groups in total. The highest BCUT2D eigenvalue weighted by molar-refractivity contribution is 5.86. The molecular weight excluding hydrogens is 478 g/mol. The molecule has 0 radical (unpaired) electrons. The van der Waals surface area contributed by atoms with Crippen molar-refractivity contribution < 1.29 is 14.2 Å². The number of aromatic nitrogens is 2. The van der Waals surface area contributed by atoms with Gasteiger partial charge in [0.25, 0.3) is 5.56 Å². The third-order valence-corrected chi connectivity index (χ3v) is 6.63. The Hall–Kier alpha value is -4.13. The first-order chi connectivity index (χ1) is 18.3. The molecule has 0 saturated carbocycles. The first-order valence-electron chi connectivity index (χ1n) is 12.9. The van der Waals surface area contributed by atoms with Crippen LogP contribution < -0.4 is 19.8 Å². The number of para-hydroxylation sites is 2. The van der Waals surface area contributed by atoms with E-state index in [2.05, 4.69) is 25.9 Å². The molecule has 0 unspecified atom stereocenters. The summed E-state index contributed by atoms with van der Waals surface area (Å²) < 4.78 is 18.7. The summed E-state index contributed by atoms with van der Waals surface area (Å²) in [5, 5.41) is 5.17. The van der Waals surface area contributed by atoms with Crippen molar-refractivity contribution >= 4 is 17.1 Å². The quantitative estimate of drug-likeness (QED) is 0.237. The van der Waals surface area contributed by atoms with Crippen LogP contribution in [-0.2, 0) is 0 Å². The van der Waals surface area contributed by atoms with Crippen molar-refractivity contribution in [1.82, 2.24) is 9.66 Å². The first-order valence-corrected chi connectivity index (χ1v) is 12.9. The first kappa shape index (κ1) is 26.9. The monoisotopic (exact) mass is 513 g/mol. The number of rotatable bonds is 9. The zero-order chi connectivity index (χ0) is 27.4. The average molecular weight is 514 g/mol. The Morgan fingerprint density at radius 3 is 2.42 bits per heavy atom. The summed E-state index contributed by atoms with van der Waals surface area (Å²) in [5.41, 5.74) is 3.83. The van der Waals surface area contributed by atoms with Crippen molar-refractivity contribution in [3.8, 4) is 28.6 Å². The number of methoxy groups -OCH3 is 2. The SMILES string of the molecule is CC[C@H](C)Oc1c(C=Nn2c(-c3cc(C(C)C)c(OC)cc3C)nc3ccccc3c2=O)cccc1OC. The molecule has 0 bridgehead atoms. The number of aryl methyl sites for hydroxylation is 1. The topological polar surface area (TPSA) is 74.9 Å². The second-order valence-electron chi connectivity index (χ2n) is 9.59. The van der Waals surface area contributed by atoms with Crippen molar-refractivity contribution in [1.29, 1.82) is 0 Å². The molecule has 198 valence electrons. The van der Waals surface area contributed by atoms with Crippen molar-refractivity contribution in [2.45, 2.75) is 53.1 Å². The smallest absolute Gasteiger partial charge is 0.282 e. The van der Waals surface area contributed by atoms with Crippen LogP contribution in [0, 0.1) is 6.92 Å². The number of nitrogens with zero attached hydrogens (tertiary/aromatic N) is 3. The van der Waals surface area contributed by atoms with Gasteiger partial charge in [-0.3, -0.25) is 4.79 Å². The van der Waals surface area contributed by atoms with Gasteiger partial charge >= 0.3 is 0 Å². The van der Waals surface area contributed by atoms with Crippen LogP contribution in [0.25, 0.3) is 22.3 Å². The molecule has 7 heteroatoms. The molecule has 0 aliphatic heterocycles. The highest BCUT2D eigenvalue weighted by Crippen LogP contribution is 2.34. The van der Waals surface area contributed by atoms with Crippen LogP contribution in [0.4, 0.5) is 0 Å². The lowest BCUT2D eigenvalue weighted by Gasteiger charge is -2.18. The third-order valence-electron chi connectivity index (χ3n) is 6.63. The standard InChI is InChI=1S/C31H35N3O4/c1-8-21(5)38-29-22(12-11-15-27(29)36-6)18-32-34-30(33-26-14-10-9-13-23(26)31(34)35)25-17-24(19(2)3)28(37-7)16-20(25)4/h9-19,21H,8H2,1-7H3/t21-/m0/s1. The Kier molecular flexibility index (Phi) is 8.15. The van der Waals surface area contributed by atoms with E-state index in [1.165, 1.54) is 4.68 Å². The predicted molar refractivity (Wildman–Crippen MR) is 153 cm³/mol. The number of hydrogen-bond acceptors (Lipinski definition) is 6. The molecule has 0 aliphatic rings. The van der Waals surface area contributed by atoms with Crippen LogP contribution in [0.15, 0.2) is 64.5 Å². The van der Waals surface area contributed by atoms with Crippen LogP contribution >= 0.6 is 0 Å². The zero-order valence-corrected chi connectivity index (χ0v) is 23.1. The summed E-state index contributed by atoms with van der Waals surface area (Å²) in [6.45, 7) is 10.3. The minimum absolute atomic E-state index is 0.0181. The van der Waals surface area contributed by atoms with E-state index in [4.69, 9.17) is 19.2 Å². The second-order valence-corrected chi connectivity index (χ2v) is 9.59. The number of ether oxygens (including phenoxy) is 3. The highest BCUT2D eigenvalue weighted by atomic mass is 16.5. The van der Waals surface area contributed by atoms with E-state index in [-0.39, 0.29) is 17.6 Å². The summed E-state index contributed by atoms with van der Waals surface area (Å²) >= 11 is 0. The lowest BCUT2D eigenvalue weighted by Crippen LogP contribution is -2.21. The van der Waals surface area contributed by atoms with E-state index in [0.717, 1.165) is 28.9 Å². The van der Waals surface area contributed by atoms with Crippen molar-refractivity contribution in [3.05, 3.63) is 81.6 Å². The maximum absolute atomic E-state index is 13.8. The van der Waals surface area contributed by atoms with Gasteiger partial charge in [0.15, 0.2) is 17.3 Å². The fourth-order valence-electron chi connectivity index (χ4n) is 4.30. The van der Waals surface area contributed by atoms with E-state index < -0.39 is 0 Å². The lowest BCUT2D eigenvalue weighted by atomic mass is 9.96. The highest BCUT2D eigenvalue weighted by Gasteiger charge is 2.19. The maximum atomic E-state index is 13.8. The molecule has 0 fully saturated rings. The second kappa shape index (κ2) is 11.5. The summed E-state index contributed by atoms with van der Waals surface area (Å²) in [6.07, 6.45) is 2.45. The Bertz CT molecular complexity index is 1540. The summed E-state index contributed by atoms with van der Waals surface area (Å²) in [6, 6.07) is 17.0. The van der Waals surface area contributed by atoms with E-state index in [0.29, 0.717) is 33.8 Å². The minimum Gasteiger partial charge on any atom is -0.496 e. The molecule has 4 rings (SSSR count). The van der Waals surface area contributed by atoms with E-state index >= 15 is 0 Å². The number of hydrogen-bond donors (Lipinski definition) is 0. The molecule has 1 heterocycles. The molecule has 1 atom stereocenters. The molecule has 0 saturated heterocycles. The van der Waals surface area contributed by atoms with Crippen LogP contribution in [0.3, 0.4) is 0 Å². The van der Waals surface area contributed by atoms with Crippen LogP contribution in [0.1, 0.15) is 56.7 Å². The predicted octanol–water partition coefficient (Wildman–Crippen LogP) is 6.57. The third kappa shape index (κ3) is 5.28. The molecule has 0 aliphatic carbocycles. The fraction of sp³-hybridized carbons (Fsp3) is 0.323. The van der Waals surface area contributed by atoms with Gasteiger partial charge in [0.2, 0.25) is 0 Å². The van der Waals surface area contributed by atoms with Gasteiger partial charge < -0.3 is 14.2 Å². The minimum atomic E-state index is -0.254. The number of fused-ring (bicyclic) bond motifs is 1. The summed E-state index contributed by atoms with van der Waals surface area (Å²) in [4.78, 5) is 18.7. The van der Waals surface area contributed by atoms with Crippen LogP contribution in [0.2, 0.25) is 0 Å². The molecule has 4 aromatic rings. The molecule has 1 aromatic heterocycles. The van der Waals surface area contributed by atoms with Gasteiger partial charge in [-0.2, -0.15) is 9.78 Å². The molecule has 38 heavy (non-hydrogen) atoms. The van der Waals surface area contributed by atoms with Gasteiger partial charge in [0.05, 0.1) is 37.4 Å². The Balaban J connectivity index is 1.96. The van der Waals surface area contributed by atoms with Crippen molar-refractivity contribution in [2.75, 3.05) is 14.2 Å². The van der Waals surface area contributed by atoms with Crippen molar-refractivity contribution in [2.24, 2.45) is 5.10 Å². The maximum Gasteiger partial charge on any atom is 0.282 e. The van der Waals surface area contributed by atoms with E-state index in [1.807, 2.05) is 62.4 Å². The molecule has 7 nitrogen and oxygen atoms in total. The average Bonchev–Trinajstić information content (AvgIpc) is 2.92. The molecular formula is C31H35N3O4. The zero-order valence-electron chi connectivity index (χ0n) is 23.1. The number of benzene rings is 3. The normalized spacial score (nSPS) is 12.3. The fourth-order valence-corrected chi connectivity index (χ4v) is 4.30. The molecule has 0 spiro atoms. The van der Waals surface area contributed by atoms with Gasteiger partial charge in [-0.05, 0) is 73.7 Å². The van der Waals surface area contributed by atoms with E-state index in [1.54, 1.807) is 26.5 Å². The largest absolute Gasteiger partial charge is 0.496 e. The van der Waals surface area contributed by atoms with Gasteiger partial charge in [0.1, 0.15) is 5.75 Å². The lowest BCUT2D eigenvalue weighted by molar-refractivity contribution is 0.207. The van der Waals surface area contributed by atoms with E-state index in [9.17, 15) is 4.79 Å². The van der Waals surface area contributed by atoms with Crippen LogP contribution in [-0.4, -0.2) is 36.2 Å². The van der Waals surface area contributed by atoms with Crippen molar-refractivity contribution in [3.63, 3.8) is 0 Å². The Morgan fingerprint density at radius 1 is 1.00 bits per heavy atom. The molecule has 3 aromatic carbocycles. The van der Waals surface area contributed by atoms with Gasteiger partial charge in [-0.25, -0.2) is 4.98 Å². The Labute approximate surface area is 223 Å². The van der Waals surface area contributed by atoms with Gasteiger partial charge in [0, 0.05) is 11.1 Å². The Morgan fingerprint density at radius 2 is 1.74 bits per heavy atom.